The fourth-order valence-corrected chi connectivity index (χ4v) is 0.825. The molecule has 3 heteroatoms. The summed E-state index contributed by atoms with van der Waals surface area (Å²) >= 11 is 5.43. The van der Waals surface area contributed by atoms with Gasteiger partial charge in [-0.15, -0.1) is 0 Å². The van der Waals surface area contributed by atoms with Gasteiger partial charge >= 0.3 is 0 Å². The van der Waals surface area contributed by atoms with E-state index >= 15 is 0 Å². The molecule has 0 saturated heterocycles. The summed E-state index contributed by atoms with van der Waals surface area (Å²) in [5.74, 6) is 0. The van der Waals surface area contributed by atoms with Crippen molar-refractivity contribution < 1.29 is 5.21 Å². The van der Waals surface area contributed by atoms with Crippen LogP contribution in [-0.2, 0) is 0 Å². The molecule has 1 N–H and O–H groups in total. The van der Waals surface area contributed by atoms with Gasteiger partial charge in [-0.25, -0.2) is 0 Å². The zero-order chi connectivity index (χ0) is 8.81. The molecule has 0 aromatic heterocycles. The van der Waals surface area contributed by atoms with Gasteiger partial charge in [0.2, 0.25) is 0 Å². The third kappa shape index (κ3) is 2.76. The van der Waals surface area contributed by atoms with Crippen LogP contribution in [0.3, 0.4) is 0 Å². The molecule has 0 radical (unpaired) electrons. The van der Waals surface area contributed by atoms with E-state index in [0.29, 0.717) is 0 Å². The smallest absolute Gasteiger partial charge is 0.168 e. The van der Waals surface area contributed by atoms with Gasteiger partial charge in [0, 0.05) is 0 Å². The second kappa shape index (κ2) is 4.57. The highest BCUT2D eigenvalue weighted by Gasteiger charge is 1.85. The average Bonchev–Trinajstić information content (AvgIpc) is 2.16. The number of hydrogen-bond acceptors (Lipinski definition) is 2. The largest absolute Gasteiger partial charge is 0.410 e. The van der Waals surface area contributed by atoms with E-state index in [0.717, 1.165) is 5.56 Å². The van der Waals surface area contributed by atoms with Gasteiger partial charge in [0.1, 0.15) is 0 Å². The number of oxime groups is 1. The van der Waals surface area contributed by atoms with E-state index in [1.165, 1.54) is 6.08 Å². The second-order valence-corrected chi connectivity index (χ2v) is 2.55. The van der Waals surface area contributed by atoms with Crippen LogP contribution in [0, 0.1) is 0 Å². The molecule has 0 aliphatic carbocycles. The number of allylic oxidation sites excluding steroid dienone is 1. The predicted octanol–water partition coefficient (Wildman–Crippen LogP) is 2.73. The van der Waals surface area contributed by atoms with E-state index < -0.39 is 0 Å². The molecule has 0 aliphatic heterocycles. The number of rotatable bonds is 2. The molecule has 12 heavy (non-hydrogen) atoms. The van der Waals surface area contributed by atoms with Crippen LogP contribution in [0.25, 0.3) is 6.08 Å². The molecule has 0 saturated carbocycles. The Morgan fingerprint density at radius 2 is 2.00 bits per heavy atom. The van der Waals surface area contributed by atoms with Crippen molar-refractivity contribution in [2.24, 2.45) is 5.16 Å². The normalized spacial score (nSPS) is 12.2. The summed E-state index contributed by atoms with van der Waals surface area (Å²) in [6.07, 6.45) is 3.29. The maximum absolute atomic E-state index is 8.22. The lowest BCUT2D eigenvalue weighted by molar-refractivity contribution is 0.321. The fourth-order valence-electron chi connectivity index (χ4n) is 0.762. The summed E-state index contributed by atoms with van der Waals surface area (Å²) < 4.78 is 0. The summed E-state index contributed by atoms with van der Waals surface area (Å²) in [5, 5.41) is 11.1. The SMILES string of the molecule is ON=C(Cl)/C=C\c1ccccc1. The Balaban J connectivity index is 2.70. The summed E-state index contributed by atoms with van der Waals surface area (Å²) in [5.41, 5.74) is 1.01. The predicted molar refractivity (Wildman–Crippen MR) is 50.6 cm³/mol. The standard InChI is InChI=1S/C9H8ClNO/c10-9(11-12)7-6-8-4-2-1-3-5-8/h1-7,12H/b7-6-,11-9?. The first-order valence-corrected chi connectivity index (χ1v) is 3.81. The molecular weight excluding hydrogens is 174 g/mol. The van der Waals surface area contributed by atoms with Gasteiger partial charge in [-0.1, -0.05) is 53.2 Å². The lowest BCUT2D eigenvalue weighted by atomic mass is 10.2. The molecule has 0 aliphatic rings. The van der Waals surface area contributed by atoms with E-state index in [1.54, 1.807) is 6.08 Å². The van der Waals surface area contributed by atoms with Crippen molar-refractivity contribution in [3.63, 3.8) is 0 Å². The minimum atomic E-state index is 0.0684. The fraction of sp³-hybridized carbons (Fsp3) is 0. The Kier molecular flexibility index (Phi) is 3.35. The van der Waals surface area contributed by atoms with E-state index in [2.05, 4.69) is 5.16 Å². The van der Waals surface area contributed by atoms with Gasteiger partial charge in [0.25, 0.3) is 0 Å². The van der Waals surface area contributed by atoms with E-state index in [-0.39, 0.29) is 5.17 Å². The molecule has 0 heterocycles. The van der Waals surface area contributed by atoms with Crippen LogP contribution in [0.5, 0.6) is 0 Å². The highest BCUT2D eigenvalue weighted by molar-refractivity contribution is 6.68. The van der Waals surface area contributed by atoms with Crippen molar-refractivity contribution in [2.75, 3.05) is 0 Å². The average molecular weight is 182 g/mol. The molecule has 0 spiro atoms. The van der Waals surface area contributed by atoms with Crippen LogP contribution in [0.15, 0.2) is 41.6 Å². The van der Waals surface area contributed by atoms with Crippen molar-refractivity contribution in [1.82, 2.24) is 0 Å². The van der Waals surface area contributed by atoms with Gasteiger partial charge in [-0.3, -0.25) is 0 Å². The Morgan fingerprint density at radius 3 is 2.58 bits per heavy atom. The molecule has 1 aromatic carbocycles. The molecule has 0 bridgehead atoms. The second-order valence-electron chi connectivity index (χ2n) is 2.17. The monoisotopic (exact) mass is 181 g/mol. The first-order chi connectivity index (χ1) is 5.83. The Labute approximate surface area is 75.8 Å². The summed E-state index contributed by atoms with van der Waals surface area (Å²) in [7, 11) is 0. The summed E-state index contributed by atoms with van der Waals surface area (Å²) in [4.78, 5) is 0. The third-order valence-corrected chi connectivity index (χ3v) is 1.51. The topological polar surface area (TPSA) is 32.6 Å². The lowest BCUT2D eigenvalue weighted by Crippen LogP contribution is -1.77. The zero-order valence-corrected chi connectivity index (χ0v) is 7.07. The van der Waals surface area contributed by atoms with Crippen molar-refractivity contribution in [2.45, 2.75) is 0 Å². The lowest BCUT2D eigenvalue weighted by Gasteiger charge is -1.89. The van der Waals surface area contributed by atoms with Gasteiger partial charge in [0.05, 0.1) is 0 Å². The van der Waals surface area contributed by atoms with Crippen LogP contribution in [-0.4, -0.2) is 10.4 Å². The molecule has 62 valence electrons. The number of nitrogens with zero attached hydrogens (tertiary/aromatic N) is 1. The van der Waals surface area contributed by atoms with Crippen molar-refractivity contribution in [3.8, 4) is 0 Å². The Bertz CT molecular complexity index is 293. The Morgan fingerprint density at radius 1 is 1.33 bits per heavy atom. The first kappa shape index (κ1) is 8.81. The molecule has 0 fully saturated rings. The quantitative estimate of drug-likeness (QED) is 0.425. The zero-order valence-electron chi connectivity index (χ0n) is 6.31. The van der Waals surface area contributed by atoms with Crippen LogP contribution in [0.4, 0.5) is 0 Å². The third-order valence-electron chi connectivity index (χ3n) is 1.31. The first-order valence-electron chi connectivity index (χ1n) is 3.43. The molecule has 1 aromatic rings. The number of halogens is 1. The van der Waals surface area contributed by atoms with Gasteiger partial charge in [-0.05, 0) is 11.6 Å². The van der Waals surface area contributed by atoms with Crippen LogP contribution in [0.2, 0.25) is 0 Å². The molecule has 1 rings (SSSR count). The Hall–Kier alpha value is -1.28. The number of hydrogen-bond donors (Lipinski definition) is 1. The van der Waals surface area contributed by atoms with E-state index in [4.69, 9.17) is 16.8 Å². The highest BCUT2D eigenvalue weighted by Crippen LogP contribution is 2.01. The molecule has 0 atom stereocenters. The minimum absolute atomic E-state index is 0.0684. The van der Waals surface area contributed by atoms with Crippen LogP contribution < -0.4 is 0 Å². The maximum atomic E-state index is 8.22. The maximum Gasteiger partial charge on any atom is 0.168 e. The van der Waals surface area contributed by atoms with Gasteiger partial charge < -0.3 is 5.21 Å². The summed E-state index contributed by atoms with van der Waals surface area (Å²) in [6, 6.07) is 9.63. The van der Waals surface area contributed by atoms with Crippen LogP contribution >= 0.6 is 11.6 Å². The van der Waals surface area contributed by atoms with Gasteiger partial charge in [0.15, 0.2) is 5.17 Å². The van der Waals surface area contributed by atoms with Gasteiger partial charge in [-0.2, -0.15) is 0 Å². The van der Waals surface area contributed by atoms with Crippen molar-refractivity contribution >= 4 is 22.8 Å². The van der Waals surface area contributed by atoms with E-state index in [1.807, 2.05) is 30.3 Å². The van der Waals surface area contributed by atoms with Crippen molar-refractivity contribution in [1.29, 1.82) is 0 Å². The highest BCUT2D eigenvalue weighted by atomic mass is 35.5. The summed E-state index contributed by atoms with van der Waals surface area (Å²) in [6.45, 7) is 0. The molecule has 0 unspecified atom stereocenters. The number of benzene rings is 1. The molecule has 0 amide bonds. The molecule has 2 nitrogen and oxygen atoms in total. The minimum Gasteiger partial charge on any atom is -0.410 e. The van der Waals surface area contributed by atoms with Crippen molar-refractivity contribution in [3.05, 3.63) is 42.0 Å². The van der Waals surface area contributed by atoms with Crippen LogP contribution in [0.1, 0.15) is 5.56 Å². The molecular formula is C9H8ClNO. The van der Waals surface area contributed by atoms with E-state index in [9.17, 15) is 0 Å².